The predicted molar refractivity (Wildman–Crippen MR) is 184 cm³/mol. The molecule has 0 spiro atoms. The molecule has 0 saturated heterocycles. The van der Waals surface area contributed by atoms with Crippen LogP contribution in [-0.2, 0) is 16.1 Å². The normalized spacial score (nSPS) is 14.6. The molecule has 1 aliphatic rings. The van der Waals surface area contributed by atoms with Crippen LogP contribution in [0.1, 0.15) is 50.4 Å². The summed E-state index contributed by atoms with van der Waals surface area (Å²) in [6.07, 6.45) is 1.60. The highest BCUT2D eigenvalue weighted by molar-refractivity contribution is 9.10. The number of allylic oxidation sites excluding steroid dienone is 1. The number of para-hydroxylation sites is 1. The van der Waals surface area contributed by atoms with E-state index in [0.717, 1.165) is 10.0 Å². The SMILES string of the molecule is CCOC(=O)C1=C(C)N=c2s/c(=C\c3cc(Br)cc(OC)c3OCc3ccc(Cl)c(Cl)c3)c(=O)n2[C@H]1c1ccccc1OC(C)C. The Hall–Kier alpha value is -3.57. The molecule has 240 valence electrons. The molecule has 0 fully saturated rings. The number of carbonyl (C=O) groups is 1. The van der Waals surface area contributed by atoms with E-state index in [4.69, 9.17) is 47.1 Å². The summed E-state index contributed by atoms with van der Waals surface area (Å²) in [6, 6.07) is 15.4. The van der Waals surface area contributed by atoms with Gasteiger partial charge in [0.2, 0.25) is 0 Å². The average Bonchev–Trinajstić information content (AvgIpc) is 3.31. The van der Waals surface area contributed by atoms with Crippen LogP contribution in [0.3, 0.4) is 0 Å². The van der Waals surface area contributed by atoms with Gasteiger partial charge < -0.3 is 18.9 Å². The van der Waals surface area contributed by atoms with Gasteiger partial charge in [-0.05, 0) is 69.7 Å². The number of carbonyl (C=O) groups excluding carboxylic acids is 1. The zero-order chi connectivity index (χ0) is 33.1. The summed E-state index contributed by atoms with van der Waals surface area (Å²) in [5.41, 5.74) is 2.44. The molecule has 0 unspecified atom stereocenters. The van der Waals surface area contributed by atoms with Gasteiger partial charge in [-0.3, -0.25) is 9.36 Å². The number of aromatic nitrogens is 1. The van der Waals surface area contributed by atoms with Crippen molar-refractivity contribution < 1.29 is 23.7 Å². The van der Waals surface area contributed by atoms with Gasteiger partial charge in [0.25, 0.3) is 5.56 Å². The lowest BCUT2D eigenvalue weighted by Gasteiger charge is -2.26. The first kappa shape index (κ1) is 33.8. The minimum Gasteiger partial charge on any atom is -0.493 e. The Bertz CT molecular complexity index is 2020. The minimum atomic E-state index is -0.824. The summed E-state index contributed by atoms with van der Waals surface area (Å²) in [6.45, 7) is 7.67. The molecule has 1 atom stereocenters. The molecular formula is C34H31BrCl2N2O6S. The van der Waals surface area contributed by atoms with Crippen LogP contribution >= 0.6 is 50.5 Å². The van der Waals surface area contributed by atoms with Crippen LogP contribution in [-0.4, -0.2) is 30.4 Å². The first-order chi connectivity index (χ1) is 22.0. The van der Waals surface area contributed by atoms with Gasteiger partial charge in [0.05, 0.1) is 45.7 Å². The summed E-state index contributed by atoms with van der Waals surface area (Å²) < 4.78 is 26.1. The Kier molecular flexibility index (Phi) is 10.6. The van der Waals surface area contributed by atoms with Gasteiger partial charge in [0.15, 0.2) is 16.3 Å². The second-order valence-electron chi connectivity index (χ2n) is 10.6. The van der Waals surface area contributed by atoms with E-state index in [-0.39, 0.29) is 30.5 Å². The van der Waals surface area contributed by atoms with Crippen molar-refractivity contribution in [3.63, 3.8) is 0 Å². The molecule has 8 nitrogen and oxygen atoms in total. The fourth-order valence-electron chi connectivity index (χ4n) is 5.08. The molecule has 0 saturated carbocycles. The summed E-state index contributed by atoms with van der Waals surface area (Å²) in [5, 5.41) is 0.861. The molecule has 46 heavy (non-hydrogen) atoms. The van der Waals surface area contributed by atoms with Crippen molar-refractivity contribution in [2.75, 3.05) is 13.7 Å². The lowest BCUT2D eigenvalue weighted by Crippen LogP contribution is -2.40. The van der Waals surface area contributed by atoms with Gasteiger partial charge in [-0.25, -0.2) is 9.79 Å². The minimum absolute atomic E-state index is 0.137. The number of rotatable bonds is 10. The Morgan fingerprint density at radius 2 is 1.87 bits per heavy atom. The molecule has 1 aromatic heterocycles. The molecule has 0 radical (unpaired) electrons. The number of thiazole rings is 1. The number of methoxy groups -OCH3 is 1. The third kappa shape index (κ3) is 7.05. The Labute approximate surface area is 288 Å². The van der Waals surface area contributed by atoms with Crippen LogP contribution in [0.4, 0.5) is 0 Å². The maximum atomic E-state index is 14.3. The second-order valence-corrected chi connectivity index (χ2v) is 13.3. The number of fused-ring (bicyclic) bond motifs is 1. The molecule has 12 heteroatoms. The summed E-state index contributed by atoms with van der Waals surface area (Å²) in [7, 11) is 1.54. The smallest absolute Gasteiger partial charge is 0.338 e. The first-order valence-corrected chi connectivity index (χ1v) is 16.8. The molecule has 4 aromatic rings. The van der Waals surface area contributed by atoms with E-state index in [1.165, 1.54) is 15.9 Å². The number of esters is 1. The highest BCUT2D eigenvalue weighted by Gasteiger charge is 2.35. The van der Waals surface area contributed by atoms with E-state index in [0.29, 0.717) is 53.5 Å². The fraction of sp³-hybridized carbons (Fsp3) is 0.265. The summed E-state index contributed by atoms with van der Waals surface area (Å²) in [4.78, 5) is 32.8. The van der Waals surface area contributed by atoms with E-state index in [9.17, 15) is 9.59 Å². The van der Waals surface area contributed by atoms with E-state index in [1.807, 2.05) is 50.2 Å². The monoisotopic (exact) mass is 744 g/mol. The molecule has 0 aliphatic carbocycles. The number of hydrogen-bond acceptors (Lipinski definition) is 8. The molecule has 0 N–H and O–H groups in total. The van der Waals surface area contributed by atoms with Gasteiger partial charge in [0, 0.05) is 15.6 Å². The Morgan fingerprint density at radius 1 is 1.11 bits per heavy atom. The molecule has 0 amide bonds. The van der Waals surface area contributed by atoms with Crippen LogP contribution in [0.5, 0.6) is 17.2 Å². The van der Waals surface area contributed by atoms with Gasteiger partial charge in [-0.1, -0.05) is 74.7 Å². The number of nitrogens with zero attached hydrogens (tertiary/aromatic N) is 2. The molecule has 0 bridgehead atoms. The maximum absolute atomic E-state index is 14.3. The fourth-order valence-corrected chi connectivity index (χ4v) is 6.89. The van der Waals surface area contributed by atoms with E-state index in [1.54, 1.807) is 45.2 Å². The van der Waals surface area contributed by atoms with E-state index >= 15 is 0 Å². The van der Waals surface area contributed by atoms with Crippen molar-refractivity contribution in [1.29, 1.82) is 0 Å². The largest absolute Gasteiger partial charge is 0.493 e. The second kappa shape index (κ2) is 14.5. The topological polar surface area (TPSA) is 88.4 Å². The van der Waals surface area contributed by atoms with Crippen LogP contribution < -0.4 is 29.1 Å². The van der Waals surface area contributed by atoms with Crippen LogP contribution in [0.15, 0.2) is 80.1 Å². The van der Waals surface area contributed by atoms with Crippen molar-refractivity contribution in [2.24, 2.45) is 4.99 Å². The number of halogens is 3. The zero-order valence-electron chi connectivity index (χ0n) is 25.7. The van der Waals surface area contributed by atoms with Gasteiger partial charge in [0.1, 0.15) is 18.4 Å². The lowest BCUT2D eigenvalue weighted by atomic mass is 9.95. The molecular weight excluding hydrogens is 715 g/mol. The van der Waals surface area contributed by atoms with Crippen LogP contribution in [0.2, 0.25) is 10.0 Å². The first-order valence-electron chi connectivity index (χ1n) is 14.4. The van der Waals surface area contributed by atoms with E-state index in [2.05, 4.69) is 15.9 Å². The van der Waals surface area contributed by atoms with E-state index < -0.39 is 12.0 Å². The molecule has 3 aromatic carbocycles. The average molecular weight is 747 g/mol. The van der Waals surface area contributed by atoms with Crippen LogP contribution in [0.25, 0.3) is 6.08 Å². The van der Waals surface area contributed by atoms with Crippen molar-refractivity contribution in [1.82, 2.24) is 4.57 Å². The van der Waals surface area contributed by atoms with Gasteiger partial charge >= 0.3 is 5.97 Å². The zero-order valence-corrected chi connectivity index (χ0v) is 29.6. The third-order valence-electron chi connectivity index (χ3n) is 7.02. The molecule has 1 aliphatic heterocycles. The Balaban J connectivity index is 1.68. The Morgan fingerprint density at radius 3 is 2.57 bits per heavy atom. The summed E-state index contributed by atoms with van der Waals surface area (Å²) >= 11 is 17.1. The number of benzene rings is 3. The molecule has 2 heterocycles. The van der Waals surface area contributed by atoms with Crippen LogP contribution in [0, 0.1) is 0 Å². The summed E-state index contributed by atoms with van der Waals surface area (Å²) in [5.74, 6) is 0.908. The maximum Gasteiger partial charge on any atom is 0.338 e. The van der Waals surface area contributed by atoms with Gasteiger partial charge in [-0.15, -0.1) is 0 Å². The number of hydrogen-bond donors (Lipinski definition) is 0. The van der Waals surface area contributed by atoms with Gasteiger partial charge in [-0.2, -0.15) is 0 Å². The van der Waals surface area contributed by atoms with Crippen molar-refractivity contribution in [3.05, 3.63) is 117 Å². The van der Waals surface area contributed by atoms with Crippen molar-refractivity contribution in [2.45, 2.75) is 46.4 Å². The highest BCUT2D eigenvalue weighted by Crippen LogP contribution is 2.38. The standard InChI is InChI=1S/C34H31BrCl2N2O6S/c1-6-43-33(41)29-19(4)38-34-39(30(29)23-9-7-8-10-26(23)45-18(2)3)32(40)28(46-34)15-21-14-22(35)16-27(42-5)31(21)44-17-20-11-12-24(36)25(37)13-20/h7-16,18,30H,6,17H2,1-5H3/b28-15-/t30-/m0/s1. The molecule has 5 rings (SSSR count). The highest BCUT2D eigenvalue weighted by atomic mass is 79.9. The number of ether oxygens (including phenoxy) is 4. The third-order valence-corrected chi connectivity index (χ3v) is 9.20. The van der Waals surface area contributed by atoms with Crippen molar-refractivity contribution in [3.8, 4) is 17.2 Å². The lowest BCUT2D eigenvalue weighted by molar-refractivity contribution is -0.139. The van der Waals surface area contributed by atoms with Crippen molar-refractivity contribution >= 4 is 62.5 Å². The predicted octanol–water partition coefficient (Wildman–Crippen LogP) is 7.24. The quantitative estimate of drug-likeness (QED) is 0.159.